The van der Waals surface area contributed by atoms with Crippen LogP contribution in [0.25, 0.3) is 0 Å². The van der Waals surface area contributed by atoms with Crippen LogP contribution in [0.5, 0.6) is 0 Å². The van der Waals surface area contributed by atoms with Gasteiger partial charge in [-0.1, -0.05) is 25.4 Å². The highest BCUT2D eigenvalue weighted by atomic mass is 35.5. The fraction of sp³-hybridized carbons (Fsp3) is 0.455. The van der Waals surface area contributed by atoms with Gasteiger partial charge in [0.1, 0.15) is 0 Å². The number of hydrogen-bond acceptors (Lipinski definition) is 1. The van der Waals surface area contributed by atoms with Crippen molar-refractivity contribution in [1.82, 2.24) is 0 Å². The van der Waals surface area contributed by atoms with Crippen molar-refractivity contribution in [3.8, 4) is 0 Å². The van der Waals surface area contributed by atoms with Crippen molar-refractivity contribution >= 4 is 17.3 Å². The lowest BCUT2D eigenvalue weighted by atomic mass is 10.1. The van der Waals surface area contributed by atoms with Crippen LogP contribution >= 0.6 is 11.6 Å². The summed E-state index contributed by atoms with van der Waals surface area (Å²) in [4.78, 5) is 0. The molecule has 0 heterocycles. The van der Waals surface area contributed by atoms with Crippen molar-refractivity contribution in [3.63, 3.8) is 0 Å². The second-order valence-electron chi connectivity index (χ2n) is 3.96. The Bertz CT molecular complexity index is 361. The molecule has 0 bridgehead atoms. The summed E-state index contributed by atoms with van der Waals surface area (Å²) >= 11 is 5.56. The highest BCUT2D eigenvalue weighted by Gasteiger charge is 2.33. The first-order valence-electron chi connectivity index (χ1n) is 4.91. The zero-order chi connectivity index (χ0) is 12.3. The molecule has 0 aromatic heterocycles. The molecule has 0 aliphatic carbocycles. The summed E-state index contributed by atoms with van der Waals surface area (Å²) in [6.45, 7) is 4.34. The van der Waals surface area contributed by atoms with Gasteiger partial charge in [-0.15, -0.1) is 0 Å². The Labute approximate surface area is 97.6 Å². The van der Waals surface area contributed by atoms with Gasteiger partial charge in [0.05, 0.1) is 5.56 Å². The molecule has 0 saturated heterocycles. The third kappa shape index (κ3) is 3.59. The van der Waals surface area contributed by atoms with E-state index >= 15 is 0 Å². The molecule has 0 amide bonds. The molecule has 0 saturated carbocycles. The number of rotatable bonds is 3. The number of benzene rings is 1. The van der Waals surface area contributed by atoms with E-state index in [1.54, 1.807) is 0 Å². The second-order valence-corrected chi connectivity index (χ2v) is 4.40. The normalized spacial score (nSPS) is 11.9. The Kier molecular flexibility index (Phi) is 4.08. The van der Waals surface area contributed by atoms with Crippen LogP contribution in [0.15, 0.2) is 18.2 Å². The summed E-state index contributed by atoms with van der Waals surface area (Å²) < 4.78 is 38.0. The van der Waals surface area contributed by atoms with E-state index in [2.05, 4.69) is 5.32 Å². The van der Waals surface area contributed by atoms with Crippen LogP contribution < -0.4 is 5.32 Å². The van der Waals surface area contributed by atoms with Crippen LogP contribution in [0.1, 0.15) is 19.4 Å². The molecule has 0 aliphatic rings. The van der Waals surface area contributed by atoms with Crippen molar-refractivity contribution in [2.24, 2.45) is 5.92 Å². The molecule has 1 aromatic carbocycles. The second kappa shape index (κ2) is 4.95. The molecule has 90 valence electrons. The van der Waals surface area contributed by atoms with E-state index in [1.807, 2.05) is 13.8 Å². The van der Waals surface area contributed by atoms with E-state index in [0.29, 0.717) is 6.54 Å². The van der Waals surface area contributed by atoms with E-state index in [1.165, 1.54) is 12.1 Å². The Hall–Kier alpha value is -0.900. The van der Waals surface area contributed by atoms with E-state index in [0.717, 1.165) is 6.07 Å². The minimum Gasteiger partial charge on any atom is -0.384 e. The monoisotopic (exact) mass is 251 g/mol. The third-order valence-electron chi connectivity index (χ3n) is 1.99. The molecule has 1 rings (SSSR count). The predicted molar refractivity (Wildman–Crippen MR) is 59.8 cm³/mol. The molecule has 0 fully saturated rings. The molecule has 5 heteroatoms. The van der Waals surface area contributed by atoms with Gasteiger partial charge in [0, 0.05) is 17.3 Å². The number of alkyl halides is 3. The average molecular weight is 252 g/mol. The maximum absolute atomic E-state index is 12.7. The maximum Gasteiger partial charge on any atom is 0.418 e. The zero-order valence-corrected chi connectivity index (χ0v) is 9.78. The minimum absolute atomic E-state index is 0.0746. The number of halogens is 4. The predicted octanol–water partition coefficient (Wildman–Crippen LogP) is 4.43. The molecule has 0 spiro atoms. The summed E-state index contributed by atoms with van der Waals surface area (Å²) in [5, 5.41) is 2.85. The van der Waals surface area contributed by atoms with E-state index in [9.17, 15) is 13.2 Å². The molecule has 1 aromatic rings. The fourth-order valence-electron chi connectivity index (χ4n) is 1.22. The van der Waals surface area contributed by atoms with Crippen molar-refractivity contribution in [2.75, 3.05) is 11.9 Å². The lowest BCUT2D eigenvalue weighted by Crippen LogP contribution is -2.14. The Morgan fingerprint density at radius 3 is 2.44 bits per heavy atom. The Balaban J connectivity index is 2.99. The molecule has 0 atom stereocenters. The summed E-state index contributed by atoms with van der Waals surface area (Å²) in [6.07, 6.45) is -4.38. The number of nitrogens with one attached hydrogen (secondary N) is 1. The first kappa shape index (κ1) is 13.2. The lowest BCUT2D eigenvalue weighted by Gasteiger charge is -2.16. The lowest BCUT2D eigenvalue weighted by molar-refractivity contribution is -0.136. The summed E-state index contributed by atoms with van der Waals surface area (Å²) in [5.41, 5.74) is -0.647. The standard InChI is InChI=1S/C11H13ClF3N/c1-7(2)6-16-10-4-3-8(12)5-9(10)11(13,14)15/h3-5,7,16H,6H2,1-2H3. The third-order valence-corrected chi connectivity index (χ3v) is 2.22. The van der Waals surface area contributed by atoms with Crippen molar-refractivity contribution in [2.45, 2.75) is 20.0 Å². The molecule has 0 radical (unpaired) electrons. The quantitative estimate of drug-likeness (QED) is 0.838. The van der Waals surface area contributed by atoms with Crippen LogP contribution in [0, 0.1) is 5.92 Å². The average Bonchev–Trinajstić information content (AvgIpc) is 2.14. The Morgan fingerprint density at radius 2 is 1.94 bits per heavy atom. The maximum atomic E-state index is 12.7. The molecule has 0 aliphatic heterocycles. The molecule has 16 heavy (non-hydrogen) atoms. The van der Waals surface area contributed by atoms with Gasteiger partial charge >= 0.3 is 6.18 Å². The van der Waals surface area contributed by atoms with Gasteiger partial charge < -0.3 is 5.32 Å². The number of hydrogen-bond donors (Lipinski definition) is 1. The van der Waals surface area contributed by atoms with Gasteiger partial charge in [0.15, 0.2) is 0 Å². The van der Waals surface area contributed by atoms with Gasteiger partial charge in [-0.2, -0.15) is 13.2 Å². The Morgan fingerprint density at radius 1 is 1.31 bits per heavy atom. The van der Waals surface area contributed by atoms with E-state index < -0.39 is 11.7 Å². The van der Waals surface area contributed by atoms with Gasteiger partial charge in [0.25, 0.3) is 0 Å². The fourth-order valence-corrected chi connectivity index (χ4v) is 1.39. The minimum atomic E-state index is -4.38. The van der Waals surface area contributed by atoms with Crippen LogP contribution in [0.2, 0.25) is 5.02 Å². The molecule has 1 nitrogen and oxygen atoms in total. The molecule has 0 unspecified atom stereocenters. The smallest absolute Gasteiger partial charge is 0.384 e. The van der Waals surface area contributed by atoms with Crippen LogP contribution in [0.4, 0.5) is 18.9 Å². The van der Waals surface area contributed by atoms with Gasteiger partial charge in [-0.25, -0.2) is 0 Å². The highest BCUT2D eigenvalue weighted by molar-refractivity contribution is 6.30. The van der Waals surface area contributed by atoms with Gasteiger partial charge in [-0.05, 0) is 24.1 Å². The summed E-state index contributed by atoms with van der Waals surface area (Å²) in [7, 11) is 0. The van der Waals surface area contributed by atoms with Crippen molar-refractivity contribution in [1.29, 1.82) is 0 Å². The van der Waals surface area contributed by atoms with Crippen LogP contribution in [-0.4, -0.2) is 6.54 Å². The molecule has 1 N–H and O–H groups in total. The van der Waals surface area contributed by atoms with Crippen molar-refractivity contribution in [3.05, 3.63) is 28.8 Å². The first-order chi connectivity index (χ1) is 7.30. The molecular weight excluding hydrogens is 239 g/mol. The molecular formula is C11H13ClF3N. The number of anilines is 1. The summed E-state index contributed by atoms with van der Waals surface area (Å²) in [5.74, 6) is 0.275. The van der Waals surface area contributed by atoms with Gasteiger partial charge in [-0.3, -0.25) is 0 Å². The van der Waals surface area contributed by atoms with E-state index in [4.69, 9.17) is 11.6 Å². The summed E-state index contributed by atoms with van der Waals surface area (Å²) in [6, 6.07) is 3.73. The first-order valence-corrected chi connectivity index (χ1v) is 5.29. The highest BCUT2D eigenvalue weighted by Crippen LogP contribution is 2.36. The van der Waals surface area contributed by atoms with Crippen LogP contribution in [0.3, 0.4) is 0 Å². The van der Waals surface area contributed by atoms with Crippen molar-refractivity contribution < 1.29 is 13.2 Å². The largest absolute Gasteiger partial charge is 0.418 e. The SMILES string of the molecule is CC(C)CNc1ccc(Cl)cc1C(F)(F)F. The van der Waals surface area contributed by atoms with Crippen LogP contribution in [-0.2, 0) is 6.18 Å². The topological polar surface area (TPSA) is 12.0 Å². The van der Waals surface area contributed by atoms with E-state index in [-0.39, 0.29) is 16.6 Å². The zero-order valence-electron chi connectivity index (χ0n) is 9.03. The van der Waals surface area contributed by atoms with Gasteiger partial charge in [0.2, 0.25) is 0 Å².